The number of hydrogen-bond acceptors (Lipinski definition) is 2. The van der Waals surface area contributed by atoms with Crippen LogP contribution in [0.1, 0.15) is 44.5 Å². The van der Waals surface area contributed by atoms with Crippen LogP contribution >= 0.6 is 0 Å². The number of methoxy groups -OCH3 is 1. The summed E-state index contributed by atoms with van der Waals surface area (Å²) in [5.41, 5.74) is 1.80. The first-order valence-electron chi connectivity index (χ1n) is 7.02. The second kappa shape index (κ2) is 5.31. The van der Waals surface area contributed by atoms with Crippen LogP contribution in [0.2, 0.25) is 0 Å². The summed E-state index contributed by atoms with van der Waals surface area (Å²) in [6, 6.07) is 5.77. The van der Waals surface area contributed by atoms with Crippen molar-refractivity contribution in [3.05, 3.63) is 30.0 Å². The zero-order chi connectivity index (χ0) is 14.9. The highest BCUT2D eigenvalue weighted by atomic mass is 16.5. The molecule has 108 valence electrons. The Morgan fingerprint density at radius 2 is 2.05 bits per heavy atom. The molecule has 1 atom stereocenters. The van der Waals surface area contributed by atoms with E-state index in [4.69, 9.17) is 4.74 Å². The minimum atomic E-state index is 0.131. The second-order valence-corrected chi connectivity index (χ2v) is 6.48. The molecular weight excluding hydrogens is 250 g/mol. The van der Waals surface area contributed by atoms with Gasteiger partial charge in [0.1, 0.15) is 5.75 Å². The van der Waals surface area contributed by atoms with Crippen molar-refractivity contribution in [1.82, 2.24) is 4.98 Å². The first kappa shape index (κ1) is 14.6. The van der Waals surface area contributed by atoms with Gasteiger partial charge < -0.3 is 9.72 Å². The second-order valence-electron chi connectivity index (χ2n) is 6.48. The molecule has 3 nitrogen and oxygen atoms in total. The molecule has 0 radical (unpaired) electrons. The molecule has 1 unspecified atom stereocenters. The number of hydrogen-bond donors (Lipinski definition) is 1. The molecule has 0 bridgehead atoms. The summed E-state index contributed by atoms with van der Waals surface area (Å²) in [5.74, 6) is 1.24. The van der Waals surface area contributed by atoms with Crippen LogP contribution in [0.3, 0.4) is 0 Å². The van der Waals surface area contributed by atoms with E-state index < -0.39 is 0 Å². The first-order chi connectivity index (χ1) is 9.34. The highest BCUT2D eigenvalue weighted by molar-refractivity contribution is 6.10. The molecule has 1 N–H and O–H groups in total. The van der Waals surface area contributed by atoms with Crippen LogP contribution in [0.4, 0.5) is 0 Å². The number of aromatic amines is 1. The molecule has 0 saturated carbocycles. The van der Waals surface area contributed by atoms with E-state index >= 15 is 0 Å². The monoisotopic (exact) mass is 273 g/mol. The zero-order valence-corrected chi connectivity index (χ0v) is 12.9. The maximum absolute atomic E-state index is 12.6. The Morgan fingerprint density at radius 1 is 1.35 bits per heavy atom. The maximum atomic E-state index is 12.6. The van der Waals surface area contributed by atoms with Crippen LogP contribution in [0.25, 0.3) is 10.9 Å². The van der Waals surface area contributed by atoms with E-state index in [-0.39, 0.29) is 11.2 Å². The molecule has 0 saturated heterocycles. The van der Waals surface area contributed by atoms with Crippen LogP contribution in [0, 0.1) is 11.3 Å². The average Bonchev–Trinajstić information content (AvgIpc) is 2.81. The fourth-order valence-electron chi connectivity index (χ4n) is 2.24. The lowest BCUT2D eigenvalue weighted by molar-refractivity contribution is 0.0929. The van der Waals surface area contributed by atoms with E-state index in [0.717, 1.165) is 22.2 Å². The van der Waals surface area contributed by atoms with Crippen LogP contribution in [-0.2, 0) is 0 Å². The standard InChI is InChI=1S/C17H23NO2/c1-11(17(2,3)4)9-14(19)12-10-18-13-7-6-8-15(20-5)16(12)13/h6-8,10-11,18H,9H2,1-5H3. The third kappa shape index (κ3) is 2.72. The van der Waals surface area contributed by atoms with Gasteiger partial charge in [0.05, 0.1) is 12.5 Å². The van der Waals surface area contributed by atoms with Crippen LogP contribution < -0.4 is 4.74 Å². The largest absolute Gasteiger partial charge is 0.496 e. The number of rotatable bonds is 4. The Kier molecular flexibility index (Phi) is 3.89. The molecular formula is C17H23NO2. The number of benzene rings is 1. The Morgan fingerprint density at radius 3 is 2.65 bits per heavy atom. The van der Waals surface area contributed by atoms with Crippen LogP contribution in [0.15, 0.2) is 24.4 Å². The lowest BCUT2D eigenvalue weighted by atomic mass is 9.78. The third-order valence-corrected chi connectivity index (χ3v) is 4.16. The summed E-state index contributed by atoms with van der Waals surface area (Å²) in [7, 11) is 1.63. The summed E-state index contributed by atoms with van der Waals surface area (Å²) in [6.07, 6.45) is 2.35. The Hall–Kier alpha value is -1.77. The number of carbonyl (C=O) groups excluding carboxylic acids is 1. The molecule has 1 aromatic heterocycles. The summed E-state index contributed by atoms with van der Waals surface area (Å²) in [5, 5.41) is 0.890. The number of fused-ring (bicyclic) bond motifs is 1. The molecule has 1 heterocycles. The molecule has 2 rings (SSSR count). The van der Waals surface area contributed by atoms with Crippen molar-refractivity contribution in [2.75, 3.05) is 7.11 Å². The molecule has 0 spiro atoms. The number of H-pyrrole nitrogens is 1. The number of Topliss-reactive ketones (excluding diaryl/α,β-unsaturated/α-hetero) is 1. The van der Waals surface area contributed by atoms with Crippen molar-refractivity contribution in [2.24, 2.45) is 11.3 Å². The van der Waals surface area contributed by atoms with E-state index in [1.54, 1.807) is 13.3 Å². The van der Waals surface area contributed by atoms with Gasteiger partial charge in [-0.1, -0.05) is 33.8 Å². The van der Waals surface area contributed by atoms with E-state index in [9.17, 15) is 4.79 Å². The van der Waals surface area contributed by atoms with Crippen molar-refractivity contribution < 1.29 is 9.53 Å². The number of ether oxygens (including phenoxy) is 1. The Labute approximate surface area is 120 Å². The SMILES string of the molecule is COc1cccc2[nH]cc(C(=O)CC(C)C(C)(C)C)c12. The van der Waals surface area contributed by atoms with Gasteiger partial charge in [-0.15, -0.1) is 0 Å². The number of aromatic nitrogens is 1. The van der Waals surface area contributed by atoms with Gasteiger partial charge in [0.15, 0.2) is 5.78 Å². The molecule has 1 aromatic carbocycles. The summed E-state index contributed by atoms with van der Waals surface area (Å²) in [6.45, 7) is 8.63. The van der Waals surface area contributed by atoms with Crippen molar-refractivity contribution in [1.29, 1.82) is 0 Å². The number of ketones is 1. The van der Waals surface area contributed by atoms with Gasteiger partial charge >= 0.3 is 0 Å². The van der Waals surface area contributed by atoms with Gasteiger partial charge in [0.2, 0.25) is 0 Å². The van der Waals surface area contributed by atoms with Gasteiger partial charge in [-0.3, -0.25) is 4.79 Å². The average molecular weight is 273 g/mol. The third-order valence-electron chi connectivity index (χ3n) is 4.16. The molecule has 20 heavy (non-hydrogen) atoms. The Bertz CT molecular complexity index is 619. The smallest absolute Gasteiger partial charge is 0.165 e. The van der Waals surface area contributed by atoms with E-state index in [1.807, 2.05) is 18.2 Å². The van der Waals surface area contributed by atoms with Crippen molar-refractivity contribution in [3.63, 3.8) is 0 Å². The Balaban J connectivity index is 2.36. The lowest BCUT2D eigenvalue weighted by Crippen LogP contribution is -2.20. The highest BCUT2D eigenvalue weighted by Gasteiger charge is 2.24. The van der Waals surface area contributed by atoms with Gasteiger partial charge in [-0.2, -0.15) is 0 Å². The van der Waals surface area contributed by atoms with Crippen LogP contribution in [-0.4, -0.2) is 17.9 Å². The number of carbonyl (C=O) groups is 1. The minimum absolute atomic E-state index is 0.131. The fraction of sp³-hybridized carbons (Fsp3) is 0.471. The molecule has 2 aromatic rings. The topological polar surface area (TPSA) is 42.1 Å². The summed E-state index contributed by atoms with van der Waals surface area (Å²) in [4.78, 5) is 15.7. The lowest BCUT2D eigenvalue weighted by Gasteiger charge is -2.26. The fourth-order valence-corrected chi connectivity index (χ4v) is 2.24. The molecule has 0 aliphatic carbocycles. The van der Waals surface area contributed by atoms with Crippen molar-refractivity contribution in [3.8, 4) is 5.75 Å². The maximum Gasteiger partial charge on any atom is 0.165 e. The minimum Gasteiger partial charge on any atom is -0.496 e. The van der Waals surface area contributed by atoms with Crippen molar-refractivity contribution >= 4 is 16.7 Å². The molecule has 0 aliphatic heterocycles. The summed E-state index contributed by atoms with van der Waals surface area (Å²) >= 11 is 0. The van der Waals surface area contributed by atoms with E-state index in [1.165, 1.54) is 0 Å². The van der Waals surface area contributed by atoms with Crippen molar-refractivity contribution in [2.45, 2.75) is 34.1 Å². The molecule has 3 heteroatoms. The van der Waals surface area contributed by atoms with E-state index in [0.29, 0.717) is 12.3 Å². The zero-order valence-electron chi connectivity index (χ0n) is 12.9. The van der Waals surface area contributed by atoms with Gasteiger partial charge in [-0.25, -0.2) is 0 Å². The van der Waals surface area contributed by atoms with Crippen LogP contribution in [0.5, 0.6) is 5.75 Å². The predicted octanol–water partition coefficient (Wildman–Crippen LogP) is 4.43. The number of nitrogens with one attached hydrogen (secondary N) is 1. The van der Waals surface area contributed by atoms with Gasteiger partial charge in [-0.05, 0) is 23.5 Å². The molecule has 0 aliphatic rings. The summed E-state index contributed by atoms with van der Waals surface area (Å²) < 4.78 is 5.38. The quantitative estimate of drug-likeness (QED) is 0.837. The molecule has 0 amide bonds. The molecule has 0 fully saturated rings. The normalized spacial score (nSPS) is 13.4. The highest BCUT2D eigenvalue weighted by Crippen LogP contribution is 2.33. The predicted molar refractivity (Wildman–Crippen MR) is 82.4 cm³/mol. The first-order valence-corrected chi connectivity index (χ1v) is 7.02. The van der Waals surface area contributed by atoms with E-state index in [2.05, 4.69) is 32.7 Å². The van der Waals surface area contributed by atoms with Gasteiger partial charge in [0.25, 0.3) is 0 Å². The van der Waals surface area contributed by atoms with Gasteiger partial charge in [0, 0.05) is 23.7 Å².